The number of benzene rings is 2. The Labute approximate surface area is 159 Å². The number of hydrogen-bond donors (Lipinski definition) is 1. The Hall–Kier alpha value is -1.98. The minimum Gasteiger partial charge on any atom is -0.495 e. The number of methoxy groups -OCH3 is 1. The van der Waals surface area contributed by atoms with Crippen molar-refractivity contribution in [3.05, 3.63) is 62.7 Å². The van der Waals surface area contributed by atoms with E-state index in [2.05, 4.69) is 20.5 Å². The molecule has 0 saturated heterocycles. The van der Waals surface area contributed by atoms with Gasteiger partial charge in [-0.05, 0) is 42.3 Å². The predicted octanol–water partition coefficient (Wildman–Crippen LogP) is 5.05. The van der Waals surface area contributed by atoms with Gasteiger partial charge in [0.15, 0.2) is 0 Å². The van der Waals surface area contributed by atoms with Gasteiger partial charge in [-0.2, -0.15) is 0 Å². The smallest absolute Gasteiger partial charge is 0.307 e. The number of aliphatic carboxylic acids is 1. The minimum absolute atomic E-state index is 0.0412. The first kappa shape index (κ1) is 17.8. The third-order valence-electron chi connectivity index (χ3n) is 4.31. The van der Waals surface area contributed by atoms with Crippen molar-refractivity contribution in [3.63, 3.8) is 0 Å². The first-order valence-electron chi connectivity index (χ1n) is 7.72. The number of carboxylic acids is 1. The van der Waals surface area contributed by atoms with E-state index in [-0.39, 0.29) is 6.42 Å². The van der Waals surface area contributed by atoms with Crippen LogP contribution >= 0.6 is 27.5 Å². The van der Waals surface area contributed by atoms with Crippen molar-refractivity contribution in [1.29, 1.82) is 0 Å². The van der Waals surface area contributed by atoms with Crippen molar-refractivity contribution in [3.8, 4) is 5.75 Å². The van der Waals surface area contributed by atoms with Crippen LogP contribution in [0.2, 0.25) is 5.02 Å². The Morgan fingerprint density at radius 3 is 2.56 bits per heavy atom. The average Bonchev–Trinajstić information content (AvgIpc) is 2.80. The van der Waals surface area contributed by atoms with Gasteiger partial charge in [0.25, 0.3) is 0 Å². The molecule has 4 nitrogen and oxygen atoms in total. The van der Waals surface area contributed by atoms with E-state index in [1.165, 1.54) is 0 Å². The molecule has 0 amide bonds. The van der Waals surface area contributed by atoms with Crippen molar-refractivity contribution in [1.82, 2.24) is 4.57 Å². The van der Waals surface area contributed by atoms with Crippen molar-refractivity contribution >= 4 is 44.4 Å². The SMILES string of the molecule is COc1cc2c(CC(=O)O)c(C)n(Cc3ccc(Br)cc3)c2cc1Cl. The van der Waals surface area contributed by atoms with Gasteiger partial charge in [-0.25, -0.2) is 0 Å². The second kappa shape index (κ2) is 7.10. The maximum atomic E-state index is 11.3. The summed E-state index contributed by atoms with van der Waals surface area (Å²) in [5, 5.41) is 10.7. The van der Waals surface area contributed by atoms with Gasteiger partial charge in [0, 0.05) is 22.1 Å². The number of ether oxygens (including phenoxy) is 1. The van der Waals surface area contributed by atoms with Gasteiger partial charge >= 0.3 is 5.97 Å². The summed E-state index contributed by atoms with van der Waals surface area (Å²) in [4.78, 5) is 11.3. The number of fused-ring (bicyclic) bond motifs is 1. The molecule has 1 heterocycles. The van der Waals surface area contributed by atoms with Crippen LogP contribution in [0.15, 0.2) is 40.9 Å². The van der Waals surface area contributed by atoms with E-state index in [1.807, 2.05) is 43.3 Å². The lowest BCUT2D eigenvalue weighted by Crippen LogP contribution is -2.05. The third kappa shape index (κ3) is 3.53. The fourth-order valence-corrected chi connectivity index (χ4v) is 3.55. The molecule has 0 spiro atoms. The number of carboxylic acid groups (broad SMARTS) is 1. The molecule has 2 aromatic carbocycles. The van der Waals surface area contributed by atoms with Gasteiger partial charge in [0.05, 0.1) is 24.1 Å². The van der Waals surface area contributed by atoms with Crippen LogP contribution in [0.3, 0.4) is 0 Å². The number of carbonyl (C=O) groups is 1. The molecular weight excluding hydrogens is 406 g/mol. The number of rotatable bonds is 5. The second-order valence-electron chi connectivity index (χ2n) is 5.85. The highest BCUT2D eigenvalue weighted by molar-refractivity contribution is 9.10. The predicted molar refractivity (Wildman–Crippen MR) is 103 cm³/mol. The maximum Gasteiger partial charge on any atom is 0.307 e. The Kier molecular flexibility index (Phi) is 5.06. The van der Waals surface area contributed by atoms with Crippen LogP contribution in [0.1, 0.15) is 16.8 Å². The van der Waals surface area contributed by atoms with Gasteiger partial charge in [-0.15, -0.1) is 0 Å². The molecule has 3 rings (SSSR count). The van der Waals surface area contributed by atoms with E-state index < -0.39 is 5.97 Å². The van der Waals surface area contributed by atoms with Crippen LogP contribution in [0.4, 0.5) is 0 Å². The Morgan fingerprint density at radius 2 is 1.96 bits per heavy atom. The molecule has 0 aliphatic rings. The average molecular weight is 423 g/mol. The van der Waals surface area contributed by atoms with Gasteiger partial charge < -0.3 is 14.4 Å². The van der Waals surface area contributed by atoms with Gasteiger partial charge in [0.2, 0.25) is 0 Å². The standard InChI is InChI=1S/C19H17BrClNO3/c1-11-14(8-19(23)24)15-7-18(25-2)16(21)9-17(15)22(11)10-12-3-5-13(20)6-4-12/h3-7,9H,8,10H2,1-2H3,(H,23,24). The van der Waals surface area contributed by atoms with Crippen molar-refractivity contribution in [2.45, 2.75) is 19.9 Å². The fraction of sp³-hybridized carbons (Fsp3) is 0.211. The molecule has 130 valence electrons. The Bertz CT molecular complexity index is 948. The molecular formula is C19H17BrClNO3. The first-order valence-corrected chi connectivity index (χ1v) is 8.89. The molecule has 1 N–H and O–H groups in total. The molecule has 6 heteroatoms. The second-order valence-corrected chi connectivity index (χ2v) is 7.17. The third-order valence-corrected chi connectivity index (χ3v) is 5.13. The molecule has 0 aliphatic heterocycles. The largest absolute Gasteiger partial charge is 0.495 e. The summed E-state index contributed by atoms with van der Waals surface area (Å²) < 4.78 is 8.42. The summed E-state index contributed by atoms with van der Waals surface area (Å²) in [6.07, 6.45) is -0.0412. The van der Waals surface area contributed by atoms with Crippen LogP contribution in [0, 0.1) is 6.92 Å². The number of halogens is 2. The molecule has 25 heavy (non-hydrogen) atoms. The summed E-state index contributed by atoms with van der Waals surface area (Å²) in [6, 6.07) is 11.7. The summed E-state index contributed by atoms with van der Waals surface area (Å²) in [5.41, 5.74) is 3.73. The zero-order valence-corrected chi connectivity index (χ0v) is 16.2. The lowest BCUT2D eigenvalue weighted by atomic mass is 10.1. The highest BCUT2D eigenvalue weighted by Crippen LogP contribution is 2.35. The van der Waals surface area contributed by atoms with Crippen LogP contribution < -0.4 is 4.74 Å². The zero-order valence-electron chi connectivity index (χ0n) is 13.8. The van der Waals surface area contributed by atoms with Gasteiger partial charge in [-0.3, -0.25) is 4.79 Å². The van der Waals surface area contributed by atoms with Crippen LogP contribution in [-0.4, -0.2) is 22.8 Å². The van der Waals surface area contributed by atoms with Gasteiger partial charge in [0.1, 0.15) is 5.75 Å². The van der Waals surface area contributed by atoms with Gasteiger partial charge in [-0.1, -0.05) is 39.7 Å². The number of nitrogens with zero attached hydrogens (tertiary/aromatic N) is 1. The van der Waals surface area contributed by atoms with Crippen molar-refractivity contribution in [2.24, 2.45) is 0 Å². The van der Waals surface area contributed by atoms with E-state index in [1.54, 1.807) is 7.11 Å². The van der Waals surface area contributed by atoms with Crippen molar-refractivity contribution in [2.75, 3.05) is 7.11 Å². The normalized spacial score (nSPS) is 11.0. The number of aromatic nitrogens is 1. The van der Waals surface area contributed by atoms with E-state index in [0.29, 0.717) is 17.3 Å². The molecule has 0 radical (unpaired) electrons. The lowest BCUT2D eigenvalue weighted by molar-refractivity contribution is -0.136. The van der Waals surface area contributed by atoms with E-state index in [0.717, 1.165) is 32.2 Å². The molecule has 0 saturated carbocycles. The topological polar surface area (TPSA) is 51.5 Å². The number of hydrogen-bond acceptors (Lipinski definition) is 2. The van der Waals surface area contributed by atoms with Crippen LogP contribution in [-0.2, 0) is 17.8 Å². The summed E-state index contributed by atoms with van der Waals surface area (Å²) in [6.45, 7) is 2.58. The van der Waals surface area contributed by atoms with Crippen molar-refractivity contribution < 1.29 is 14.6 Å². The van der Waals surface area contributed by atoms with Crippen LogP contribution in [0.25, 0.3) is 10.9 Å². The molecule has 3 aromatic rings. The molecule has 0 fully saturated rings. The van der Waals surface area contributed by atoms with E-state index >= 15 is 0 Å². The molecule has 0 atom stereocenters. The quantitative estimate of drug-likeness (QED) is 0.626. The zero-order chi connectivity index (χ0) is 18.1. The first-order chi connectivity index (χ1) is 11.9. The Morgan fingerprint density at radius 1 is 1.28 bits per heavy atom. The van der Waals surface area contributed by atoms with E-state index in [9.17, 15) is 9.90 Å². The highest BCUT2D eigenvalue weighted by atomic mass is 79.9. The molecule has 1 aromatic heterocycles. The highest BCUT2D eigenvalue weighted by Gasteiger charge is 2.19. The summed E-state index contributed by atoms with van der Waals surface area (Å²) in [7, 11) is 1.55. The Balaban J connectivity index is 2.19. The maximum absolute atomic E-state index is 11.3. The fourth-order valence-electron chi connectivity index (χ4n) is 3.05. The molecule has 0 aliphatic carbocycles. The minimum atomic E-state index is -0.861. The molecule has 0 bridgehead atoms. The van der Waals surface area contributed by atoms with Crippen LogP contribution in [0.5, 0.6) is 5.75 Å². The monoisotopic (exact) mass is 421 g/mol. The molecule has 0 unspecified atom stereocenters. The summed E-state index contributed by atoms with van der Waals surface area (Å²) in [5.74, 6) is -0.318. The lowest BCUT2D eigenvalue weighted by Gasteiger charge is -2.10. The summed E-state index contributed by atoms with van der Waals surface area (Å²) >= 11 is 9.74. The van der Waals surface area contributed by atoms with E-state index in [4.69, 9.17) is 16.3 Å².